The molecular formula is C19H25ClN4O3. The van der Waals surface area contributed by atoms with Crippen molar-refractivity contribution in [3.8, 4) is 0 Å². The predicted octanol–water partition coefficient (Wildman–Crippen LogP) is 2.36. The Morgan fingerprint density at radius 1 is 1.37 bits per heavy atom. The van der Waals surface area contributed by atoms with Gasteiger partial charge in [-0.05, 0) is 42.9 Å². The average Bonchev–Trinajstić information content (AvgIpc) is 2.97. The van der Waals surface area contributed by atoms with Crippen molar-refractivity contribution in [2.24, 2.45) is 17.6 Å². The molecule has 146 valence electrons. The van der Waals surface area contributed by atoms with Gasteiger partial charge in [0.1, 0.15) is 6.04 Å². The molecule has 0 bridgehead atoms. The molecule has 1 aromatic carbocycles. The first-order valence-electron chi connectivity index (χ1n) is 9.20. The van der Waals surface area contributed by atoms with E-state index < -0.39 is 17.9 Å². The summed E-state index contributed by atoms with van der Waals surface area (Å²) in [6, 6.07) is 4.63. The Hall–Kier alpha value is -2.12. The molecular weight excluding hydrogens is 368 g/mol. The van der Waals surface area contributed by atoms with Gasteiger partial charge in [-0.3, -0.25) is 14.3 Å². The number of aromatic nitrogens is 2. The fourth-order valence-electron chi connectivity index (χ4n) is 3.41. The highest BCUT2D eigenvalue weighted by Gasteiger charge is 2.26. The van der Waals surface area contributed by atoms with Crippen LogP contribution in [0.15, 0.2) is 18.2 Å². The van der Waals surface area contributed by atoms with E-state index in [1.165, 1.54) is 0 Å². The fourth-order valence-corrected chi connectivity index (χ4v) is 3.58. The third kappa shape index (κ3) is 4.42. The van der Waals surface area contributed by atoms with Crippen molar-refractivity contribution in [2.75, 3.05) is 13.2 Å². The van der Waals surface area contributed by atoms with Crippen LogP contribution in [0.2, 0.25) is 5.02 Å². The lowest BCUT2D eigenvalue weighted by atomic mass is 10.0. The van der Waals surface area contributed by atoms with E-state index in [-0.39, 0.29) is 11.6 Å². The van der Waals surface area contributed by atoms with E-state index in [4.69, 9.17) is 22.1 Å². The van der Waals surface area contributed by atoms with E-state index in [0.717, 1.165) is 31.6 Å². The van der Waals surface area contributed by atoms with Gasteiger partial charge in [-0.1, -0.05) is 25.4 Å². The van der Waals surface area contributed by atoms with E-state index in [1.807, 2.05) is 24.6 Å². The molecule has 8 heteroatoms. The summed E-state index contributed by atoms with van der Waals surface area (Å²) >= 11 is 6.14. The summed E-state index contributed by atoms with van der Waals surface area (Å²) in [5.41, 5.74) is 6.52. The number of primary amides is 1. The molecule has 1 fully saturated rings. The van der Waals surface area contributed by atoms with Gasteiger partial charge in [-0.15, -0.1) is 0 Å². The molecule has 1 aliphatic rings. The van der Waals surface area contributed by atoms with Crippen LogP contribution in [-0.2, 0) is 16.1 Å². The molecule has 2 aromatic rings. The molecule has 1 saturated heterocycles. The molecule has 1 unspecified atom stereocenters. The molecule has 3 rings (SSSR count). The Morgan fingerprint density at radius 3 is 2.70 bits per heavy atom. The second kappa shape index (κ2) is 8.27. The lowest BCUT2D eigenvalue weighted by Crippen LogP contribution is -2.47. The molecule has 0 saturated carbocycles. The molecule has 0 aliphatic carbocycles. The average molecular weight is 393 g/mol. The molecule has 7 nitrogen and oxygen atoms in total. The summed E-state index contributed by atoms with van der Waals surface area (Å²) in [6.45, 7) is 5.86. The normalized spacial score (nSPS) is 16.6. The number of ether oxygens (including phenoxy) is 1. The Labute approximate surface area is 163 Å². The number of nitrogens with one attached hydrogen (secondary N) is 1. The SMILES string of the molecule is CC(C)C(NC(=O)c1nn(CC2CCOCC2)c2ccc(Cl)cc12)C(N)=O. The second-order valence-electron chi connectivity index (χ2n) is 7.35. The third-order valence-electron chi connectivity index (χ3n) is 4.96. The molecule has 1 aliphatic heterocycles. The minimum atomic E-state index is -0.757. The summed E-state index contributed by atoms with van der Waals surface area (Å²) in [4.78, 5) is 24.5. The van der Waals surface area contributed by atoms with Crippen molar-refractivity contribution in [3.63, 3.8) is 0 Å². The zero-order valence-electron chi connectivity index (χ0n) is 15.6. The molecule has 27 heavy (non-hydrogen) atoms. The molecule has 3 N–H and O–H groups in total. The van der Waals surface area contributed by atoms with Crippen molar-refractivity contribution >= 4 is 34.3 Å². The van der Waals surface area contributed by atoms with Crippen LogP contribution in [-0.4, -0.2) is 40.9 Å². The van der Waals surface area contributed by atoms with E-state index in [0.29, 0.717) is 22.9 Å². The maximum atomic E-state index is 12.8. The number of carbonyl (C=O) groups excluding carboxylic acids is 2. The smallest absolute Gasteiger partial charge is 0.273 e. The summed E-state index contributed by atoms with van der Waals surface area (Å²) in [5.74, 6) is -0.666. The van der Waals surface area contributed by atoms with Crippen LogP contribution in [0, 0.1) is 11.8 Å². The van der Waals surface area contributed by atoms with Crippen LogP contribution < -0.4 is 11.1 Å². The molecule has 1 atom stereocenters. The molecule has 2 heterocycles. The van der Waals surface area contributed by atoms with Gasteiger partial charge in [0, 0.05) is 30.2 Å². The number of amides is 2. The van der Waals surface area contributed by atoms with Gasteiger partial charge < -0.3 is 15.8 Å². The number of rotatable bonds is 6. The van der Waals surface area contributed by atoms with Crippen molar-refractivity contribution in [3.05, 3.63) is 28.9 Å². The lowest BCUT2D eigenvalue weighted by molar-refractivity contribution is -0.120. The lowest BCUT2D eigenvalue weighted by Gasteiger charge is -2.22. The number of hydrogen-bond donors (Lipinski definition) is 2. The molecule has 0 radical (unpaired) electrons. The van der Waals surface area contributed by atoms with Gasteiger partial charge in [0.05, 0.1) is 5.52 Å². The van der Waals surface area contributed by atoms with Crippen LogP contribution in [0.1, 0.15) is 37.2 Å². The highest BCUT2D eigenvalue weighted by Crippen LogP contribution is 2.26. The Balaban J connectivity index is 1.93. The number of benzene rings is 1. The number of hydrogen-bond acceptors (Lipinski definition) is 4. The topological polar surface area (TPSA) is 99.2 Å². The Bertz CT molecular complexity index is 843. The number of fused-ring (bicyclic) bond motifs is 1. The minimum Gasteiger partial charge on any atom is -0.381 e. The minimum absolute atomic E-state index is 0.120. The summed E-state index contributed by atoms with van der Waals surface area (Å²) < 4.78 is 7.27. The molecule has 0 spiro atoms. The highest BCUT2D eigenvalue weighted by atomic mass is 35.5. The summed E-state index contributed by atoms with van der Waals surface area (Å²) in [7, 11) is 0. The Kier molecular flexibility index (Phi) is 6.01. The molecule has 1 aromatic heterocycles. The monoisotopic (exact) mass is 392 g/mol. The fraction of sp³-hybridized carbons (Fsp3) is 0.526. The van der Waals surface area contributed by atoms with E-state index in [2.05, 4.69) is 10.4 Å². The first kappa shape index (κ1) is 19.6. The van der Waals surface area contributed by atoms with Crippen molar-refractivity contribution in [1.29, 1.82) is 0 Å². The molecule has 2 amide bonds. The van der Waals surface area contributed by atoms with Crippen molar-refractivity contribution in [1.82, 2.24) is 15.1 Å². The van der Waals surface area contributed by atoms with Gasteiger partial charge in [0.2, 0.25) is 5.91 Å². The van der Waals surface area contributed by atoms with Gasteiger partial charge in [-0.2, -0.15) is 5.10 Å². The number of carbonyl (C=O) groups is 2. The van der Waals surface area contributed by atoms with Crippen LogP contribution in [0.4, 0.5) is 0 Å². The van der Waals surface area contributed by atoms with Crippen molar-refractivity contribution < 1.29 is 14.3 Å². The van der Waals surface area contributed by atoms with Crippen LogP contribution in [0.25, 0.3) is 10.9 Å². The van der Waals surface area contributed by atoms with Crippen LogP contribution in [0.5, 0.6) is 0 Å². The van der Waals surface area contributed by atoms with Gasteiger partial charge in [-0.25, -0.2) is 0 Å². The Morgan fingerprint density at radius 2 is 2.07 bits per heavy atom. The largest absolute Gasteiger partial charge is 0.381 e. The second-order valence-corrected chi connectivity index (χ2v) is 7.78. The van der Waals surface area contributed by atoms with E-state index >= 15 is 0 Å². The van der Waals surface area contributed by atoms with Gasteiger partial charge in [0.25, 0.3) is 5.91 Å². The highest BCUT2D eigenvalue weighted by molar-refractivity contribution is 6.31. The number of nitrogens with zero attached hydrogens (tertiary/aromatic N) is 2. The zero-order valence-corrected chi connectivity index (χ0v) is 16.3. The first-order chi connectivity index (χ1) is 12.9. The zero-order chi connectivity index (χ0) is 19.6. The maximum Gasteiger partial charge on any atom is 0.273 e. The van der Waals surface area contributed by atoms with E-state index in [9.17, 15) is 9.59 Å². The number of halogens is 1. The van der Waals surface area contributed by atoms with Gasteiger partial charge >= 0.3 is 0 Å². The summed E-state index contributed by atoms with van der Waals surface area (Å²) in [6.07, 6.45) is 1.93. The third-order valence-corrected chi connectivity index (χ3v) is 5.19. The first-order valence-corrected chi connectivity index (χ1v) is 9.58. The van der Waals surface area contributed by atoms with Gasteiger partial charge in [0.15, 0.2) is 5.69 Å². The number of nitrogens with two attached hydrogens (primary N) is 1. The van der Waals surface area contributed by atoms with Crippen molar-refractivity contribution in [2.45, 2.75) is 39.3 Å². The quantitative estimate of drug-likeness (QED) is 0.788. The van der Waals surface area contributed by atoms with Crippen LogP contribution >= 0.6 is 11.6 Å². The van der Waals surface area contributed by atoms with E-state index in [1.54, 1.807) is 12.1 Å². The predicted molar refractivity (Wildman–Crippen MR) is 104 cm³/mol. The standard InChI is InChI=1S/C19H25ClN4O3/c1-11(2)16(18(21)25)22-19(26)17-14-9-13(20)3-4-15(14)24(23-17)10-12-5-7-27-8-6-12/h3-4,9,11-12,16H,5-8,10H2,1-2H3,(H2,21,25)(H,22,26). The maximum absolute atomic E-state index is 12.8. The summed E-state index contributed by atoms with van der Waals surface area (Å²) in [5, 5.41) is 8.45. The van der Waals surface area contributed by atoms with Crippen LogP contribution in [0.3, 0.4) is 0 Å².